The van der Waals surface area contributed by atoms with Gasteiger partial charge >= 0.3 is 0 Å². The molecule has 1 fully saturated rings. The molecule has 170 valence electrons. The van der Waals surface area contributed by atoms with Gasteiger partial charge in [0.2, 0.25) is 5.91 Å². The summed E-state index contributed by atoms with van der Waals surface area (Å²) in [7, 11) is 3.61. The Balaban J connectivity index is 1.31. The number of halogens is 1. The summed E-state index contributed by atoms with van der Waals surface area (Å²) in [5.41, 5.74) is 2.53. The smallest absolute Gasteiger partial charge is 0.244 e. The quantitative estimate of drug-likeness (QED) is 0.352. The SMILES string of the molecule is COc1cc(N2CCN(C(=O)Cn3nc(-c4nccn4C)c4cccnc43)CC2)ccc1I. The predicted molar refractivity (Wildman–Crippen MR) is 134 cm³/mol. The lowest BCUT2D eigenvalue weighted by molar-refractivity contribution is -0.132. The molecule has 5 rings (SSSR count). The Labute approximate surface area is 205 Å². The van der Waals surface area contributed by atoms with Crippen LogP contribution in [-0.2, 0) is 18.4 Å². The molecule has 0 aliphatic carbocycles. The molecule has 0 saturated carbocycles. The zero-order valence-corrected chi connectivity index (χ0v) is 20.6. The maximum atomic E-state index is 13.1. The minimum atomic E-state index is 0.0382. The molecule has 9 nitrogen and oxygen atoms in total. The molecule has 1 amide bonds. The number of rotatable bonds is 5. The third-order valence-electron chi connectivity index (χ3n) is 5.96. The summed E-state index contributed by atoms with van der Waals surface area (Å²) in [6, 6.07) is 10.1. The number of methoxy groups -OCH3 is 1. The van der Waals surface area contributed by atoms with Gasteiger partial charge in [0.05, 0.1) is 16.1 Å². The molecule has 1 saturated heterocycles. The standard InChI is InChI=1S/C23H24IN7O2/c1-28-9-8-26-23(28)21-17-4-3-7-25-22(17)31(27-21)15-20(32)30-12-10-29(11-13-30)16-5-6-18(24)19(14-16)33-2/h3-9,14H,10-13,15H2,1-2H3. The highest BCUT2D eigenvalue weighted by Crippen LogP contribution is 2.28. The molecule has 10 heteroatoms. The summed E-state index contributed by atoms with van der Waals surface area (Å²) in [6.07, 6.45) is 5.34. The van der Waals surface area contributed by atoms with E-state index in [1.807, 2.05) is 34.8 Å². The molecule has 0 N–H and O–H groups in total. The van der Waals surface area contributed by atoms with Gasteiger partial charge in [-0.1, -0.05) is 0 Å². The number of pyridine rings is 1. The average Bonchev–Trinajstić information content (AvgIpc) is 3.42. The van der Waals surface area contributed by atoms with Gasteiger partial charge in [-0.25, -0.2) is 14.6 Å². The Hall–Kier alpha value is -3.15. The van der Waals surface area contributed by atoms with Crippen molar-refractivity contribution >= 4 is 45.2 Å². The lowest BCUT2D eigenvalue weighted by Crippen LogP contribution is -2.49. The average molecular weight is 557 g/mol. The van der Waals surface area contributed by atoms with Crippen LogP contribution in [0.1, 0.15) is 0 Å². The van der Waals surface area contributed by atoms with Crippen LogP contribution in [0.4, 0.5) is 5.69 Å². The van der Waals surface area contributed by atoms with Crippen molar-refractivity contribution in [2.24, 2.45) is 7.05 Å². The monoisotopic (exact) mass is 557 g/mol. The second-order valence-electron chi connectivity index (χ2n) is 7.93. The second kappa shape index (κ2) is 9.00. The molecule has 1 aromatic carbocycles. The fourth-order valence-corrected chi connectivity index (χ4v) is 4.72. The summed E-state index contributed by atoms with van der Waals surface area (Å²) in [5.74, 6) is 1.66. The molecule has 33 heavy (non-hydrogen) atoms. The van der Waals surface area contributed by atoms with Gasteiger partial charge in [0, 0.05) is 63.6 Å². The van der Waals surface area contributed by atoms with Crippen LogP contribution >= 0.6 is 22.6 Å². The number of fused-ring (bicyclic) bond motifs is 1. The molecule has 3 aromatic heterocycles. The Morgan fingerprint density at radius 3 is 2.67 bits per heavy atom. The van der Waals surface area contributed by atoms with Crippen molar-refractivity contribution in [2.45, 2.75) is 6.54 Å². The van der Waals surface area contributed by atoms with Gasteiger partial charge in [-0.2, -0.15) is 5.10 Å². The van der Waals surface area contributed by atoms with E-state index in [0.29, 0.717) is 18.7 Å². The molecular formula is C23H24IN7O2. The summed E-state index contributed by atoms with van der Waals surface area (Å²) >= 11 is 2.27. The highest BCUT2D eigenvalue weighted by atomic mass is 127. The molecule has 0 bridgehead atoms. The van der Waals surface area contributed by atoms with Gasteiger partial charge in [-0.05, 0) is 46.9 Å². The number of hydrogen-bond acceptors (Lipinski definition) is 6. The summed E-state index contributed by atoms with van der Waals surface area (Å²) in [6.45, 7) is 3.01. The highest BCUT2D eigenvalue weighted by molar-refractivity contribution is 14.1. The number of nitrogens with zero attached hydrogens (tertiary/aromatic N) is 7. The van der Waals surface area contributed by atoms with Gasteiger partial charge < -0.3 is 19.1 Å². The molecule has 0 unspecified atom stereocenters. The van der Waals surface area contributed by atoms with Crippen LogP contribution in [0.15, 0.2) is 48.9 Å². The van der Waals surface area contributed by atoms with Gasteiger partial charge in [0.15, 0.2) is 11.5 Å². The number of amides is 1. The first kappa shape index (κ1) is 21.7. The van der Waals surface area contributed by atoms with Crippen molar-refractivity contribution < 1.29 is 9.53 Å². The van der Waals surface area contributed by atoms with Crippen molar-refractivity contribution in [3.8, 4) is 17.3 Å². The highest BCUT2D eigenvalue weighted by Gasteiger charge is 2.24. The summed E-state index contributed by atoms with van der Waals surface area (Å²) < 4.78 is 10.1. The fourth-order valence-electron chi connectivity index (χ4n) is 4.17. The molecular weight excluding hydrogens is 533 g/mol. The molecule has 1 aliphatic heterocycles. The summed E-state index contributed by atoms with van der Waals surface area (Å²) in [5, 5.41) is 5.60. The van der Waals surface area contributed by atoms with Crippen LogP contribution in [0, 0.1) is 3.57 Å². The Morgan fingerprint density at radius 2 is 1.94 bits per heavy atom. The van der Waals surface area contributed by atoms with Gasteiger partial charge in [-0.15, -0.1) is 0 Å². The number of piperazine rings is 1. The number of benzene rings is 1. The number of aromatic nitrogens is 5. The predicted octanol–water partition coefficient (Wildman–Crippen LogP) is 2.79. The van der Waals surface area contributed by atoms with Gasteiger partial charge in [0.1, 0.15) is 18.0 Å². The third-order valence-corrected chi connectivity index (χ3v) is 6.85. The van der Waals surface area contributed by atoms with E-state index in [0.717, 1.165) is 45.0 Å². The topological polar surface area (TPSA) is 81.3 Å². The zero-order chi connectivity index (χ0) is 22.9. The Kier molecular flexibility index (Phi) is 5.92. The normalized spacial score (nSPS) is 14.2. The number of aryl methyl sites for hydroxylation is 1. The van der Waals surface area contributed by atoms with Crippen LogP contribution < -0.4 is 9.64 Å². The zero-order valence-electron chi connectivity index (χ0n) is 18.5. The largest absolute Gasteiger partial charge is 0.496 e. The number of ether oxygens (including phenoxy) is 1. The number of carbonyl (C=O) groups excluding carboxylic acids is 1. The molecule has 0 radical (unpaired) electrons. The fraction of sp³-hybridized carbons (Fsp3) is 0.304. The van der Waals surface area contributed by atoms with Crippen molar-refractivity contribution in [1.82, 2.24) is 29.2 Å². The lowest BCUT2D eigenvalue weighted by Gasteiger charge is -2.36. The van der Waals surface area contributed by atoms with E-state index >= 15 is 0 Å². The maximum Gasteiger partial charge on any atom is 0.244 e. The van der Waals surface area contributed by atoms with E-state index in [2.05, 4.69) is 55.7 Å². The van der Waals surface area contributed by atoms with Crippen molar-refractivity contribution in [3.05, 3.63) is 52.5 Å². The minimum absolute atomic E-state index is 0.0382. The van der Waals surface area contributed by atoms with Crippen LogP contribution in [0.3, 0.4) is 0 Å². The van der Waals surface area contributed by atoms with E-state index in [9.17, 15) is 4.79 Å². The van der Waals surface area contributed by atoms with Crippen molar-refractivity contribution in [1.29, 1.82) is 0 Å². The summed E-state index contributed by atoms with van der Waals surface area (Å²) in [4.78, 5) is 26.2. The van der Waals surface area contributed by atoms with E-state index in [4.69, 9.17) is 9.84 Å². The number of carbonyl (C=O) groups is 1. The molecule has 0 atom stereocenters. The number of hydrogen-bond donors (Lipinski definition) is 0. The first-order valence-electron chi connectivity index (χ1n) is 10.7. The third kappa shape index (κ3) is 4.14. The van der Waals surface area contributed by atoms with Gasteiger partial charge in [0.25, 0.3) is 0 Å². The molecule has 0 spiro atoms. The number of anilines is 1. The molecule has 4 heterocycles. The van der Waals surface area contributed by atoms with E-state index < -0.39 is 0 Å². The van der Waals surface area contributed by atoms with Crippen LogP contribution in [-0.4, -0.2) is 68.4 Å². The van der Waals surface area contributed by atoms with Gasteiger partial charge in [-0.3, -0.25) is 4.79 Å². The van der Waals surface area contributed by atoms with E-state index in [1.165, 1.54) is 0 Å². The second-order valence-corrected chi connectivity index (χ2v) is 9.09. The first-order chi connectivity index (χ1) is 16.0. The lowest BCUT2D eigenvalue weighted by atomic mass is 10.2. The van der Waals surface area contributed by atoms with Crippen molar-refractivity contribution in [2.75, 3.05) is 38.2 Å². The van der Waals surface area contributed by atoms with E-state index in [1.54, 1.807) is 24.2 Å². The van der Waals surface area contributed by atoms with E-state index in [-0.39, 0.29) is 12.5 Å². The Morgan fingerprint density at radius 1 is 1.12 bits per heavy atom. The maximum absolute atomic E-state index is 13.1. The minimum Gasteiger partial charge on any atom is -0.496 e. The van der Waals surface area contributed by atoms with Crippen LogP contribution in [0.25, 0.3) is 22.6 Å². The van der Waals surface area contributed by atoms with Crippen LogP contribution in [0.2, 0.25) is 0 Å². The first-order valence-corrected chi connectivity index (χ1v) is 11.8. The van der Waals surface area contributed by atoms with Crippen molar-refractivity contribution in [3.63, 3.8) is 0 Å². The Bertz CT molecular complexity index is 1310. The molecule has 4 aromatic rings. The van der Waals surface area contributed by atoms with Crippen LogP contribution in [0.5, 0.6) is 5.75 Å². The molecule has 1 aliphatic rings. The number of imidazole rings is 1.